The number of nitrogens with zero attached hydrogens (tertiary/aromatic N) is 5. The molecule has 1 amide bonds. The van der Waals surface area contributed by atoms with Crippen LogP contribution in [0.3, 0.4) is 0 Å². The molecule has 0 fully saturated rings. The van der Waals surface area contributed by atoms with Gasteiger partial charge in [-0.25, -0.2) is 14.8 Å². The highest BCUT2D eigenvalue weighted by Crippen LogP contribution is 2.31. The van der Waals surface area contributed by atoms with Crippen molar-refractivity contribution in [2.75, 3.05) is 39.0 Å². The Balaban J connectivity index is 1.35. The third kappa shape index (κ3) is 5.61. The van der Waals surface area contributed by atoms with Crippen LogP contribution >= 0.6 is 0 Å². The number of pyridine rings is 2. The van der Waals surface area contributed by atoms with Crippen LogP contribution in [-0.2, 0) is 11.2 Å². The lowest BCUT2D eigenvalue weighted by Crippen LogP contribution is -2.39. The number of amides is 1. The molecular formula is C28H35N7O2. The van der Waals surface area contributed by atoms with Gasteiger partial charge in [-0.15, -0.1) is 0 Å². The molecule has 0 saturated heterocycles. The second kappa shape index (κ2) is 9.89. The van der Waals surface area contributed by atoms with Crippen molar-refractivity contribution in [3.8, 4) is 0 Å². The standard InChI is InChI=1S/C28H35N7O2/c1-28(2,3)37-27(36)34-14-9-19(10-15-34)24-16-22-23(8-12-29-26(22)32-24)31-20-6-7-25-30-17-21(35(25)18-20)11-13-33(4)5/h6-9,12,16-18H,10-11,13-15H2,1-5H3,(H2,29,31,32). The van der Waals surface area contributed by atoms with Gasteiger partial charge >= 0.3 is 6.09 Å². The first-order chi connectivity index (χ1) is 17.7. The van der Waals surface area contributed by atoms with Gasteiger partial charge < -0.3 is 29.2 Å². The van der Waals surface area contributed by atoms with Crippen LogP contribution in [0.1, 0.15) is 38.6 Å². The zero-order valence-corrected chi connectivity index (χ0v) is 22.2. The number of aromatic nitrogens is 4. The van der Waals surface area contributed by atoms with E-state index in [4.69, 9.17) is 4.74 Å². The number of rotatable bonds is 6. The van der Waals surface area contributed by atoms with E-state index in [0.717, 1.165) is 53.1 Å². The quantitative estimate of drug-likeness (QED) is 0.383. The summed E-state index contributed by atoms with van der Waals surface area (Å²) in [4.78, 5) is 28.9. The van der Waals surface area contributed by atoms with E-state index in [2.05, 4.69) is 62.0 Å². The van der Waals surface area contributed by atoms with E-state index in [0.29, 0.717) is 13.1 Å². The summed E-state index contributed by atoms with van der Waals surface area (Å²) in [6.45, 7) is 7.77. The molecule has 0 aromatic carbocycles. The third-order valence-electron chi connectivity index (χ3n) is 6.42. The van der Waals surface area contributed by atoms with Gasteiger partial charge in [0, 0.05) is 61.4 Å². The fraction of sp³-hybridized carbons (Fsp3) is 0.393. The monoisotopic (exact) mass is 501 g/mol. The van der Waals surface area contributed by atoms with Gasteiger partial charge in [0.2, 0.25) is 0 Å². The van der Waals surface area contributed by atoms with Gasteiger partial charge in [0.25, 0.3) is 0 Å². The average Bonchev–Trinajstić information content (AvgIpc) is 3.46. The minimum atomic E-state index is -0.497. The van der Waals surface area contributed by atoms with Crippen molar-refractivity contribution in [2.45, 2.75) is 39.2 Å². The molecule has 0 unspecified atom stereocenters. The number of anilines is 2. The number of hydrogen-bond donors (Lipinski definition) is 2. The number of carbonyl (C=O) groups excluding carboxylic acids is 1. The smallest absolute Gasteiger partial charge is 0.410 e. The number of carbonyl (C=O) groups is 1. The first-order valence-electron chi connectivity index (χ1n) is 12.7. The van der Waals surface area contributed by atoms with Gasteiger partial charge in [-0.3, -0.25) is 0 Å². The second-order valence-corrected chi connectivity index (χ2v) is 10.8. The van der Waals surface area contributed by atoms with E-state index < -0.39 is 5.60 Å². The van der Waals surface area contributed by atoms with Gasteiger partial charge in [-0.1, -0.05) is 6.08 Å². The maximum atomic E-state index is 12.4. The Morgan fingerprint density at radius 3 is 2.78 bits per heavy atom. The molecule has 1 aliphatic rings. The molecule has 0 atom stereocenters. The lowest BCUT2D eigenvalue weighted by molar-refractivity contribution is 0.0270. The number of likely N-dealkylation sites (N-methyl/N-ethyl adjacent to an activating group) is 1. The molecule has 0 saturated carbocycles. The van der Waals surface area contributed by atoms with E-state index in [1.165, 1.54) is 11.3 Å². The molecule has 194 valence electrons. The molecule has 2 N–H and O–H groups in total. The summed E-state index contributed by atoms with van der Waals surface area (Å²) in [6, 6.07) is 8.21. The van der Waals surface area contributed by atoms with Gasteiger partial charge in [0.1, 0.15) is 16.9 Å². The highest BCUT2D eigenvalue weighted by atomic mass is 16.6. The minimum Gasteiger partial charge on any atom is -0.444 e. The second-order valence-electron chi connectivity index (χ2n) is 10.8. The van der Waals surface area contributed by atoms with Gasteiger partial charge in [-0.05, 0) is 71.1 Å². The first-order valence-corrected chi connectivity index (χ1v) is 12.7. The topological polar surface area (TPSA) is 90.8 Å². The highest BCUT2D eigenvalue weighted by molar-refractivity contribution is 5.94. The normalized spacial score (nSPS) is 14.4. The van der Waals surface area contributed by atoms with Crippen molar-refractivity contribution in [3.63, 3.8) is 0 Å². The van der Waals surface area contributed by atoms with E-state index >= 15 is 0 Å². The summed E-state index contributed by atoms with van der Waals surface area (Å²) in [5.74, 6) is 0. The fourth-order valence-electron chi connectivity index (χ4n) is 4.50. The van der Waals surface area contributed by atoms with Gasteiger partial charge in [0.15, 0.2) is 0 Å². The molecule has 0 spiro atoms. The first kappa shape index (κ1) is 24.8. The number of aromatic amines is 1. The number of H-pyrrole nitrogens is 1. The Bertz CT molecular complexity index is 1460. The van der Waals surface area contributed by atoms with Crippen molar-refractivity contribution in [1.29, 1.82) is 0 Å². The van der Waals surface area contributed by atoms with Crippen molar-refractivity contribution in [2.24, 2.45) is 0 Å². The Kier molecular flexibility index (Phi) is 6.64. The van der Waals surface area contributed by atoms with Crippen LogP contribution in [0.2, 0.25) is 0 Å². The summed E-state index contributed by atoms with van der Waals surface area (Å²) in [6.07, 6.45) is 9.36. The Morgan fingerprint density at radius 1 is 1.22 bits per heavy atom. The summed E-state index contributed by atoms with van der Waals surface area (Å²) in [5.41, 5.74) is 6.61. The maximum absolute atomic E-state index is 12.4. The van der Waals surface area contributed by atoms with Crippen LogP contribution in [-0.4, -0.2) is 74.6 Å². The summed E-state index contributed by atoms with van der Waals surface area (Å²) in [7, 11) is 4.16. The van der Waals surface area contributed by atoms with Crippen LogP contribution < -0.4 is 5.32 Å². The predicted molar refractivity (Wildman–Crippen MR) is 147 cm³/mol. The Morgan fingerprint density at radius 2 is 2.05 bits per heavy atom. The number of fused-ring (bicyclic) bond motifs is 2. The Labute approximate surface area is 217 Å². The molecule has 0 aliphatic carbocycles. The molecule has 37 heavy (non-hydrogen) atoms. The maximum Gasteiger partial charge on any atom is 0.410 e. The van der Waals surface area contributed by atoms with E-state index in [-0.39, 0.29) is 6.09 Å². The van der Waals surface area contributed by atoms with Crippen LogP contribution in [0.15, 0.2) is 48.9 Å². The SMILES string of the molecule is CN(C)CCc1cnc2ccc(Nc3ccnc4[nH]c(C5=CCN(C(=O)OC(C)(C)C)CC5)cc34)cn12. The van der Waals surface area contributed by atoms with Crippen molar-refractivity contribution in [3.05, 3.63) is 60.3 Å². The Hall–Kier alpha value is -3.85. The third-order valence-corrected chi connectivity index (χ3v) is 6.42. The van der Waals surface area contributed by atoms with Crippen LogP contribution in [0.25, 0.3) is 22.3 Å². The highest BCUT2D eigenvalue weighted by Gasteiger charge is 2.24. The molecule has 5 rings (SSSR count). The number of ether oxygens (including phenoxy) is 1. The molecular weight excluding hydrogens is 466 g/mol. The van der Waals surface area contributed by atoms with Gasteiger partial charge in [-0.2, -0.15) is 0 Å². The number of nitrogens with one attached hydrogen (secondary N) is 2. The van der Waals surface area contributed by atoms with E-state index in [9.17, 15) is 4.79 Å². The van der Waals surface area contributed by atoms with Crippen LogP contribution in [0, 0.1) is 0 Å². The molecule has 4 aromatic rings. The molecule has 0 radical (unpaired) electrons. The zero-order chi connectivity index (χ0) is 26.2. The number of imidazole rings is 1. The van der Waals surface area contributed by atoms with Crippen LogP contribution in [0.5, 0.6) is 0 Å². The molecule has 4 aromatic heterocycles. The minimum absolute atomic E-state index is 0.271. The van der Waals surface area contributed by atoms with Crippen molar-refractivity contribution < 1.29 is 9.53 Å². The van der Waals surface area contributed by atoms with E-state index in [1.54, 1.807) is 4.90 Å². The lowest BCUT2D eigenvalue weighted by Gasteiger charge is -2.29. The zero-order valence-electron chi connectivity index (χ0n) is 22.2. The summed E-state index contributed by atoms with van der Waals surface area (Å²) in [5, 5.41) is 4.59. The largest absolute Gasteiger partial charge is 0.444 e. The summed E-state index contributed by atoms with van der Waals surface area (Å²) >= 11 is 0. The fourth-order valence-corrected chi connectivity index (χ4v) is 4.50. The van der Waals surface area contributed by atoms with Gasteiger partial charge in [0.05, 0.1) is 11.4 Å². The van der Waals surface area contributed by atoms with Crippen molar-refractivity contribution >= 4 is 39.7 Å². The van der Waals surface area contributed by atoms with Crippen molar-refractivity contribution in [1.82, 2.24) is 29.2 Å². The lowest BCUT2D eigenvalue weighted by atomic mass is 10.0. The summed E-state index contributed by atoms with van der Waals surface area (Å²) < 4.78 is 7.66. The molecule has 9 heteroatoms. The predicted octanol–water partition coefficient (Wildman–Crippen LogP) is 5.08. The molecule has 9 nitrogen and oxygen atoms in total. The molecule has 1 aliphatic heterocycles. The molecule has 0 bridgehead atoms. The number of hydrogen-bond acceptors (Lipinski definition) is 6. The van der Waals surface area contributed by atoms with Crippen LogP contribution in [0.4, 0.5) is 16.2 Å². The molecule has 5 heterocycles. The average molecular weight is 502 g/mol. The van der Waals surface area contributed by atoms with E-state index in [1.807, 2.05) is 51.4 Å².